The van der Waals surface area contributed by atoms with E-state index in [1.54, 1.807) is 0 Å². The van der Waals surface area contributed by atoms with Gasteiger partial charge < -0.3 is 8.83 Å². The molecule has 0 aliphatic heterocycles. The second kappa shape index (κ2) is 13.0. The molecule has 4 heterocycles. The number of nitrogens with zero attached hydrogens (tertiary/aromatic N) is 4. The van der Waals surface area contributed by atoms with Gasteiger partial charge in [0, 0.05) is 43.8 Å². The second-order valence-electron chi connectivity index (χ2n) is 13.8. The predicted molar refractivity (Wildman–Crippen MR) is 225 cm³/mol. The lowest BCUT2D eigenvalue weighted by Crippen LogP contribution is -1.96. The summed E-state index contributed by atoms with van der Waals surface area (Å²) in [5.74, 6) is 1.20. The largest absolute Gasteiger partial charge is 0.455 e. The number of aromatic nitrogens is 4. The zero-order valence-electron chi connectivity index (χ0n) is 29.9. The summed E-state index contributed by atoms with van der Waals surface area (Å²) in [6.07, 6.45) is 0. The zero-order chi connectivity index (χ0) is 37.0. The van der Waals surface area contributed by atoms with E-state index in [9.17, 15) is 0 Å². The average Bonchev–Trinajstić information content (AvgIpc) is 3.84. The Kier molecular flexibility index (Phi) is 7.38. The smallest absolute Gasteiger partial charge is 0.164 e. The van der Waals surface area contributed by atoms with Crippen molar-refractivity contribution in [1.82, 2.24) is 19.9 Å². The van der Waals surface area contributed by atoms with Gasteiger partial charge in [0.2, 0.25) is 0 Å². The predicted octanol–water partition coefficient (Wildman–Crippen LogP) is 13.1. The quantitative estimate of drug-likeness (QED) is 0.170. The van der Waals surface area contributed by atoms with Crippen molar-refractivity contribution >= 4 is 43.9 Å². The van der Waals surface area contributed by atoms with Crippen LogP contribution < -0.4 is 0 Å². The molecule has 7 aromatic carbocycles. The summed E-state index contributed by atoms with van der Waals surface area (Å²) in [5.41, 5.74) is 12.1. The van der Waals surface area contributed by atoms with Crippen LogP contribution in [0.1, 0.15) is 0 Å². The molecule has 0 aliphatic carbocycles. The number of rotatable bonds is 6. The third-order valence-corrected chi connectivity index (χ3v) is 10.3. The molecule has 4 aromatic heterocycles. The summed E-state index contributed by atoms with van der Waals surface area (Å²) in [5, 5.41) is 3.82. The van der Waals surface area contributed by atoms with Gasteiger partial charge in [0.25, 0.3) is 0 Å². The van der Waals surface area contributed by atoms with Crippen LogP contribution in [0.5, 0.6) is 0 Å². The molecule has 0 bridgehead atoms. The molecule has 56 heavy (non-hydrogen) atoms. The molecule has 6 heteroatoms. The molecule has 11 rings (SSSR count). The van der Waals surface area contributed by atoms with Crippen LogP contribution in [0.2, 0.25) is 0 Å². The van der Waals surface area contributed by atoms with E-state index in [0.29, 0.717) is 11.6 Å². The Morgan fingerprint density at radius 1 is 0.286 bits per heavy atom. The van der Waals surface area contributed by atoms with Gasteiger partial charge in [-0.3, -0.25) is 0 Å². The highest BCUT2D eigenvalue weighted by molar-refractivity contribution is 6.17. The van der Waals surface area contributed by atoms with Gasteiger partial charge in [-0.25, -0.2) is 19.9 Å². The number of hydrogen-bond acceptors (Lipinski definition) is 6. The first kappa shape index (κ1) is 31.8. The van der Waals surface area contributed by atoms with Crippen LogP contribution in [0, 0.1) is 0 Å². The van der Waals surface area contributed by atoms with Crippen molar-refractivity contribution in [3.8, 4) is 67.8 Å². The Morgan fingerprint density at radius 3 is 0.929 bits per heavy atom. The Bertz CT molecular complexity index is 2890. The molecule has 6 nitrogen and oxygen atoms in total. The molecule has 0 spiro atoms. The van der Waals surface area contributed by atoms with Gasteiger partial charge in [-0.1, -0.05) is 146 Å². The van der Waals surface area contributed by atoms with E-state index in [-0.39, 0.29) is 0 Å². The molecule has 0 radical (unpaired) electrons. The first-order chi connectivity index (χ1) is 27.7. The van der Waals surface area contributed by atoms with Gasteiger partial charge in [-0.15, -0.1) is 0 Å². The summed E-state index contributed by atoms with van der Waals surface area (Å²) < 4.78 is 13.5. The normalized spacial score (nSPS) is 11.6. The van der Waals surface area contributed by atoms with Crippen molar-refractivity contribution in [3.63, 3.8) is 0 Å². The summed E-state index contributed by atoms with van der Waals surface area (Å²) >= 11 is 0. The minimum absolute atomic E-state index is 0.598. The molecular formula is C50H30N4O2. The molecule has 11 aromatic rings. The fourth-order valence-electron chi connectivity index (χ4n) is 7.60. The lowest BCUT2D eigenvalue weighted by atomic mass is 10.0. The fourth-order valence-corrected chi connectivity index (χ4v) is 7.60. The van der Waals surface area contributed by atoms with Gasteiger partial charge in [0.15, 0.2) is 11.6 Å². The second-order valence-corrected chi connectivity index (χ2v) is 13.8. The molecule has 0 amide bonds. The average molecular weight is 719 g/mol. The summed E-state index contributed by atoms with van der Waals surface area (Å²) in [7, 11) is 0. The van der Waals surface area contributed by atoms with Crippen molar-refractivity contribution in [3.05, 3.63) is 182 Å². The van der Waals surface area contributed by atoms with E-state index >= 15 is 0 Å². The maximum absolute atomic E-state index is 6.75. The summed E-state index contributed by atoms with van der Waals surface area (Å²) in [4.78, 5) is 20.4. The number of para-hydroxylation sites is 2. The van der Waals surface area contributed by atoms with E-state index < -0.39 is 0 Å². The number of furan rings is 2. The number of benzene rings is 7. The minimum atomic E-state index is 0.598. The van der Waals surface area contributed by atoms with Crippen LogP contribution in [0.25, 0.3) is 112 Å². The van der Waals surface area contributed by atoms with E-state index in [1.165, 1.54) is 0 Å². The first-order valence-corrected chi connectivity index (χ1v) is 18.5. The van der Waals surface area contributed by atoms with Crippen LogP contribution in [-0.4, -0.2) is 19.9 Å². The monoisotopic (exact) mass is 718 g/mol. The molecular weight excluding hydrogens is 689 g/mol. The van der Waals surface area contributed by atoms with Gasteiger partial charge in [0.1, 0.15) is 22.3 Å². The SMILES string of the molecule is c1ccc(-c2cc(-c3ccccc3)nc(-c3cccc4c3oc3cc5c(cc34)oc3c(-c4nc(-c6ccccc6)cc(-c6ccccc6)n4)cccc35)n2)cc1. The highest BCUT2D eigenvalue weighted by atomic mass is 16.3. The third-order valence-electron chi connectivity index (χ3n) is 10.3. The highest BCUT2D eigenvalue weighted by Crippen LogP contribution is 2.42. The van der Waals surface area contributed by atoms with Crippen molar-refractivity contribution in [2.24, 2.45) is 0 Å². The van der Waals surface area contributed by atoms with Crippen molar-refractivity contribution in [1.29, 1.82) is 0 Å². The van der Waals surface area contributed by atoms with Crippen LogP contribution >= 0.6 is 0 Å². The van der Waals surface area contributed by atoms with Crippen molar-refractivity contribution in [2.45, 2.75) is 0 Å². The molecule has 0 fully saturated rings. The molecule has 262 valence electrons. The molecule has 0 saturated heterocycles. The Hall–Kier alpha value is -7.70. The fraction of sp³-hybridized carbons (Fsp3) is 0. The van der Waals surface area contributed by atoms with E-state index in [4.69, 9.17) is 28.8 Å². The Morgan fingerprint density at radius 2 is 0.607 bits per heavy atom. The Balaban J connectivity index is 1.07. The topological polar surface area (TPSA) is 77.8 Å². The highest BCUT2D eigenvalue weighted by Gasteiger charge is 2.21. The summed E-state index contributed by atoms with van der Waals surface area (Å²) in [6, 6.07) is 61.4. The zero-order valence-corrected chi connectivity index (χ0v) is 29.9. The van der Waals surface area contributed by atoms with Gasteiger partial charge in [0.05, 0.1) is 33.9 Å². The molecule has 0 unspecified atom stereocenters. The summed E-state index contributed by atoms with van der Waals surface area (Å²) in [6.45, 7) is 0. The maximum atomic E-state index is 6.75. The minimum Gasteiger partial charge on any atom is -0.455 e. The first-order valence-electron chi connectivity index (χ1n) is 18.5. The Labute approximate surface area is 321 Å². The number of hydrogen-bond donors (Lipinski definition) is 0. The lowest BCUT2D eigenvalue weighted by Gasteiger charge is -2.09. The van der Waals surface area contributed by atoms with Crippen LogP contribution in [0.4, 0.5) is 0 Å². The van der Waals surface area contributed by atoms with Crippen LogP contribution in [0.15, 0.2) is 191 Å². The molecule has 0 saturated carbocycles. The number of fused-ring (bicyclic) bond motifs is 6. The van der Waals surface area contributed by atoms with E-state index in [1.807, 2.05) is 109 Å². The molecule has 0 atom stereocenters. The maximum Gasteiger partial charge on any atom is 0.164 e. The van der Waals surface area contributed by atoms with Crippen molar-refractivity contribution < 1.29 is 8.83 Å². The van der Waals surface area contributed by atoms with Crippen molar-refractivity contribution in [2.75, 3.05) is 0 Å². The van der Waals surface area contributed by atoms with Crippen LogP contribution in [-0.2, 0) is 0 Å². The third kappa shape index (κ3) is 5.43. The lowest BCUT2D eigenvalue weighted by molar-refractivity contribution is 0.664. The van der Waals surface area contributed by atoms with Gasteiger partial charge in [-0.05, 0) is 36.4 Å². The molecule has 0 aliphatic rings. The van der Waals surface area contributed by atoms with Gasteiger partial charge in [-0.2, -0.15) is 0 Å². The van der Waals surface area contributed by atoms with Gasteiger partial charge >= 0.3 is 0 Å². The molecule has 0 N–H and O–H groups in total. The van der Waals surface area contributed by atoms with E-state index in [2.05, 4.69) is 72.8 Å². The van der Waals surface area contributed by atoms with E-state index in [0.717, 1.165) is 100 Å². The van der Waals surface area contributed by atoms with Crippen LogP contribution in [0.3, 0.4) is 0 Å². The standard InChI is InChI=1S/C50H30N4O2/c1-5-15-31(16-6-1)41-29-42(32-17-7-2-8-18-32)52-49(51-41)37-25-13-23-35-39-27-46-40(28-45(39)55-47(35)37)36-24-14-26-38(48(36)56-46)50-53-43(33-19-9-3-10-20-33)30-44(54-50)34-21-11-4-12-22-34/h1-30H.